The third-order valence-corrected chi connectivity index (χ3v) is 4.41. The molecule has 112 valence electrons. The SMILES string of the molecule is Cc1nc(C)c(C(=O)N(C)C2CC3CCC(C2)N3)o1.Cl. The molecular weight excluding hydrogens is 278 g/mol. The Bertz CT molecular complexity index is 491. The molecule has 2 fully saturated rings. The second kappa shape index (κ2) is 5.74. The summed E-state index contributed by atoms with van der Waals surface area (Å²) < 4.78 is 5.44. The first kappa shape index (κ1) is 15.3. The largest absolute Gasteiger partial charge is 0.436 e. The highest BCUT2D eigenvalue weighted by Crippen LogP contribution is 2.30. The molecule has 2 saturated heterocycles. The van der Waals surface area contributed by atoms with Gasteiger partial charge in [0.1, 0.15) is 0 Å². The summed E-state index contributed by atoms with van der Waals surface area (Å²) in [7, 11) is 1.88. The van der Waals surface area contributed by atoms with Crippen molar-refractivity contribution in [3.05, 3.63) is 17.3 Å². The second-order valence-corrected chi connectivity index (χ2v) is 5.83. The lowest BCUT2D eigenvalue weighted by atomic mass is 9.98. The molecule has 3 rings (SSSR count). The predicted molar refractivity (Wildman–Crippen MR) is 78.3 cm³/mol. The van der Waals surface area contributed by atoms with Crippen LogP contribution in [-0.4, -0.2) is 41.0 Å². The van der Waals surface area contributed by atoms with Gasteiger partial charge in [-0.05, 0) is 32.6 Å². The van der Waals surface area contributed by atoms with Crippen molar-refractivity contribution < 1.29 is 9.21 Å². The molecule has 0 saturated carbocycles. The number of nitrogens with zero attached hydrogens (tertiary/aromatic N) is 2. The quantitative estimate of drug-likeness (QED) is 0.908. The Labute approximate surface area is 125 Å². The van der Waals surface area contributed by atoms with Gasteiger partial charge in [-0.3, -0.25) is 4.79 Å². The molecule has 2 bridgehead atoms. The van der Waals surface area contributed by atoms with E-state index in [2.05, 4.69) is 10.3 Å². The molecule has 0 spiro atoms. The van der Waals surface area contributed by atoms with E-state index in [9.17, 15) is 4.79 Å². The molecule has 2 aliphatic rings. The first-order valence-corrected chi connectivity index (χ1v) is 7.02. The highest BCUT2D eigenvalue weighted by molar-refractivity contribution is 5.92. The number of amides is 1. The Hall–Kier alpha value is -1.07. The van der Waals surface area contributed by atoms with E-state index in [1.165, 1.54) is 12.8 Å². The number of fused-ring (bicyclic) bond motifs is 2. The maximum Gasteiger partial charge on any atom is 0.291 e. The van der Waals surface area contributed by atoms with Gasteiger partial charge in [-0.25, -0.2) is 4.98 Å². The van der Waals surface area contributed by atoms with Crippen LogP contribution in [0.25, 0.3) is 0 Å². The van der Waals surface area contributed by atoms with Gasteiger partial charge in [0.15, 0.2) is 5.89 Å². The zero-order chi connectivity index (χ0) is 13.6. The molecule has 2 atom stereocenters. The van der Waals surface area contributed by atoms with Crippen LogP contribution in [-0.2, 0) is 0 Å². The third-order valence-electron chi connectivity index (χ3n) is 4.41. The molecule has 6 heteroatoms. The predicted octanol–water partition coefficient (Wildman–Crippen LogP) is 2.07. The van der Waals surface area contributed by atoms with E-state index in [1.807, 2.05) is 18.9 Å². The van der Waals surface area contributed by atoms with Gasteiger partial charge in [-0.2, -0.15) is 0 Å². The minimum absolute atomic E-state index is 0. The van der Waals surface area contributed by atoms with Crippen LogP contribution in [0.1, 0.15) is 47.8 Å². The van der Waals surface area contributed by atoms with Crippen LogP contribution < -0.4 is 5.32 Å². The molecule has 5 nitrogen and oxygen atoms in total. The van der Waals surface area contributed by atoms with Gasteiger partial charge in [0, 0.05) is 32.1 Å². The average Bonchev–Trinajstić information content (AvgIpc) is 2.89. The molecule has 0 aliphatic carbocycles. The monoisotopic (exact) mass is 299 g/mol. The Morgan fingerprint density at radius 1 is 1.30 bits per heavy atom. The summed E-state index contributed by atoms with van der Waals surface area (Å²) in [6.45, 7) is 3.60. The number of piperidine rings is 1. The second-order valence-electron chi connectivity index (χ2n) is 5.83. The number of hydrogen-bond donors (Lipinski definition) is 1. The molecule has 2 aliphatic heterocycles. The van der Waals surface area contributed by atoms with Crippen LogP contribution >= 0.6 is 12.4 Å². The van der Waals surface area contributed by atoms with Crippen LogP contribution in [0.3, 0.4) is 0 Å². The van der Waals surface area contributed by atoms with E-state index in [-0.39, 0.29) is 18.3 Å². The van der Waals surface area contributed by atoms with Crippen molar-refractivity contribution in [3.8, 4) is 0 Å². The molecule has 1 aromatic rings. The van der Waals surface area contributed by atoms with Crippen molar-refractivity contribution in [2.75, 3.05) is 7.05 Å². The Morgan fingerprint density at radius 2 is 1.90 bits per heavy atom. The number of rotatable bonds is 2. The molecule has 1 amide bonds. The van der Waals surface area contributed by atoms with Gasteiger partial charge >= 0.3 is 0 Å². The molecule has 1 N–H and O–H groups in total. The van der Waals surface area contributed by atoms with Crippen LogP contribution in [0.4, 0.5) is 0 Å². The number of hydrogen-bond acceptors (Lipinski definition) is 4. The number of halogens is 1. The Morgan fingerprint density at radius 3 is 2.40 bits per heavy atom. The van der Waals surface area contributed by atoms with Gasteiger partial charge < -0.3 is 14.6 Å². The molecular formula is C14H22ClN3O2. The molecule has 3 heterocycles. The first-order valence-electron chi connectivity index (χ1n) is 7.02. The maximum absolute atomic E-state index is 12.5. The van der Waals surface area contributed by atoms with Crippen molar-refractivity contribution in [1.29, 1.82) is 0 Å². The fraction of sp³-hybridized carbons (Fsp3) is 0.714. The summed E-state index contributed by atoms with van der Waals surface area (Å²) in [6, 6.07) is 1.48. The van der Waals surface area contributed by atoms with E-state index >= 15 is 0 Å². The molecule has 0 radical (unpaired) electrons. The van der Waals surface area contributed by atoms with Crippen LogP contribution in [0, 0.1) is 13.8 Å². The van der Waals surface area contributed by atoms with Crippen molar-refractivity contribution in [2.45, 2.75) is 57.7 Å². The van der Waals surface area contributed by atoms with E-state index < -0.39 is 0 Å². The summed E-state index contributed by atoms with van der Waals surface area (Å²) in [5, 5.41) is 3.60. The molecule has 20 heavy (non-hydrogen) atoms. The van der Waals surface area contributed by atoms with E-state index in [0.29, 0.717) is 35.5 Å². The zero-order valence-corrected chi connectivity index (χ0v) is 13.0. The number of oxazole rings is 1. The lowest BCUT2D eigenvalue weighted by molar-refractivity contribution is 0.0647. The molecule has 1 aromatic heterocycles. The minimum Gasteiger partial charge on any atom is -0.436 e. The highest BCUT2D eigenvalue weighted by atomic mass is 35.5. The summed E-state index contributed by atoms with van der Waals surface area (Å²) in [5.41, 5.74) is 0.686. The Kier molecular flexibility index (Phi) is 4.39. The third kappa shape index (κ3) is 2.69. The maximum atomic E-state index is 12.5. The molecule has 2 unspecified atom stereocenters. The Balaban J connectivity index is 0.00000147. The van der Waals surface area contributed by atoms with Gasteiger partial charge in [0.2, 0.25) is 5.76 Å². The fourth-order valence-corrected chi connectivity index (χ4v) is 3.40. The van der Waals surface area contributed by atoms with Crippen molar-refractivity contribution in [2.24, 2.45) is 0 Å². The minimum atomic E-state index is -0.0376. The fourth-order valence-electron chi connectivity index (χ4n) is 3.40. The topological polar surface area (TPSA) is 58.4 Å². The molecule has 0 aromatic carbocycles. The van der Waals surface area contributed by atoms with Gasteiger partial charge in [-0.1, -0.05) is 0 Å². The van der Waals surface area contributed by atoms with E-state index in [4.69, 9.17) is 4.42 Å². The van der Waals surface area contributed by atoms with E-state index in [1.54, 1.807) is 6.92 Å². The van der Waals surface area contributed by atoms with Crippen molar-refractivity contribution in [1.82, 2.24) is 15.2 Å². The number of aromatic nitrogens is 1. The van der Waals surface area contributed by atoms with Crippen LogP contribution in [0.15, 0.2) is 4.42 Å². The number of aryl methyl sites for hydroxylation is 2. The summed E-state index contributed by atoms with van der Waals surface area (Å²) >= 11 is 0. The smallest absolute Gasteiger partial charge is 0.291 e. The lowest BCUT2D eigenvalue weighted by Gasteiger charge is -2.35. The standard InChI is InChI=1S/C14H21N3O2.ClH/c1-8-13(19-9(2)15-8)14(18)17(3)12-6-10-4-5-11(7-12)16-10;/h10-12,16H,4-7H2,1-3H3;1H. The van der Waals surface area contributed by atoms with Crippen LogP contribution in [0.5, 0.6) is 0 Å². The number of carbonyl (C=O) groups is 1. The zero-order valence-electron chi connectivity index (χ0n) is 12.2. The highest BCUT2D eigenvalue weighted by Gasteiger charge is 2.37. The normalized spacial score (nSPS) is 28.1. The van der Waals surface area contributed by atoms with Crippen molar-refractivity contribution >= 4 is 18.3 Å². The average molecular weight is 300 g/mol. The summed E-state index contributed by atoms with van der Waals surface area (Å²) in [4.78, 5) is 18.5. The van der Waals surface area contributed by atoms with E-state index in [0.717, 1.165) is 12.8 Å². The lowest BCUT2D eigenvalue weighted by Crippen LogP contribution is -2.48. The summed E-state index contributed by atoms with van der Waals surface area (Å²) in [5.74, 6) is 0.912. The summed E-state index contributed by atoms with van der Waals surface area (Å²) in [6.07, 6.45) is 4.57. The van der Waals surface area contributed by atoms with Gasteiger partial charge in [-0.15, -0.1) is 12.4 Å². The van der Waals surface area contributed by atoms with Gasteiger partial charge in [0.05, 0.1) is 5.69 Å². The van der Waals surface area contributed by atoms with Gasteiger partial charge in [0.25, 0.3) is 5.91 Å². The number of nitrogens with one attached hydrogen (secondary N) is 1. The van der Waals surface area contributed by atoms with Crippen molar-refractivity contribution in [3.63, 3.8) is 0 Å². The van der Waals surface area contributed by atoms with Crippen LogP contribution in [0.2, 0.25) is 0 Å². The number of carbonyl (C=O) groups excluding carboxylic acids is 1. The first-order chi connectivity index (χ1) is 9.04.